The number of aliphatic carboxylic acids is 1. The summed E-state index contributed by atoms with van der Waals surface area (Å²) >= 11 is 1.17. The Morgan fingerprint density at radius 1 is 1.37 bits per heavy atom. The zero-order valence-corrected chi connectivity index (χ0v) is 10.6. The highest BCUT2D eigenvalue weighted by Crippen LogP contribution is 2.18. The van der Waals surface area contributed by atoms with Crippen molar-refractivity contribution in [3.63, 3.8) is 0 Å². The summed E-state index contributed by atoms with van der Waals surface area (Å²) in [5, 5.41) is 13.3. The summed E-state index contributed by atoms with van der Waals surface area (Å²) in [7, 11) is 0. The third-order valence-electron chi connectivity index (χ3n) is 2.36. The third-order valence-corrected chi connectivity index (χ3v) is 3.04. The number of thiazole rings is 1. The Bertz CT molecular complexity index is 624. The Labute approximate surface area is 112 Å². The molecule has 1 heterocycles. The van der Waals surface area contributed by atoms with Gasteiger partial charge in [0.1, 0.15) is 5.69 Å². The molecule has 2 aromatic rings. The molecule has 0 fully saturated rings. The summed E-state index contributed by atoms with van der Waals surface area (Å²) < 4.78 is 0. The second-order valence-electron chi connectivity index (χ2n) is 3.75. The first-order valence-corrected chi connectivity index (χ1v) is 6.26. The number of para-hydroxylation sites is 1. The lowest BCUT2D eigenvalue weighted by atomic mass is 10.1. The molecule has 0 atom stereocenters. The van der Waals surface area contributed by atoms with E-state index in [0.29, 0.717) is 16.4 Å². The van der Waals surface area contributed by atoms with Crippen LogP contribution in [0.4, 0.5) is 10.8 Å². The smallest absolute Gasteiger partial charge is 0.307 e. The molecule has 1 aromatic carbocycles. The summed E-state index contributed by atoms with van der Waals surface area (Å²) in [4.78, 5) is 26.5. The number of aromatic nitrogens is 1. The normalized spacial score (nSPS) is 10.1. The molecule has 1 amide bonds. The fraction of sp³-hybridized carbons (Fsp3) is 0.0833. The number of nitrogens with zero attached hydrogens (tertiary/aromatic N) is 1. The van der Waals surface area contributed by atoms with E-state index in [-0.39, 0.29) is 12.1 Å². The second kappa shape index (κ2) is 5.49. The van der Waals surface area contributed by atoms with Gasteiger partial charge in [-0.3, -0.25) is 9.59 Å². The molecule has 0 aliphatic carbocycles. The van der Waals surface area contributed by atoms with Crippen LogP contribution in [0.3, 0.4) is 0 Å². The van der Waals surface area contributed by atoms with Crippen molar-refractivity contribution in [1.82, 2.24) is 4.98 Å². The molecule has 0 spiro atoms. The predicted octanol–water partition coefficient (Wildman–Crippen LogP) is 1.60. The van der Waals surface area contributed by atoms with Crippen LogP contribution in [-0.2, 0) is 11.2 Å². The minimum atomic E-state index is -0.959. The molecule has 2 rings (SSSR count). The van der Waals surface area contributed by atoms with Gasteiger partial charge in [-0.15, -0.1) is 11.3 Å². The molecule has 98 valence electrons. The van der Waals surface area contributed by atoms with Gasteiger partial charge in [-0.1, -0.05) is 18.2 Å². The number of rotatable bonds is 4. The number of nitrogens with one attached hydrogen (secondary N) is 1. The predicted molar refractivity (Wildman–Crippen MR) is 72.3 cm³/mol. The molecular formula is C12H11N3O3S. The van der Waals surface area contributed by atoms with Gasteiger partial charge in [0.2, 0.25) is 0 Å². The lowest BCUT2D eigenvalue weighted by Gasteiger charge is -2.08. The van der Waals surface area contributed by atoms with Gasteiger partial charge >= 0.3 is 5.97 Å². The van der Waals surface area contributed by atoms with Gasteiger partial charge in [0.25, 0.3) is 5.91 Å². The average molecular weight is 277 g/mol. The number of benzene rings is 1. The maximum atomic E-state index is 11.9. The second-order valence-corrected chi connectivity index (χ2v) is 4.64. The molecule has 0 bridgehead atoms. The van der Waals surface area contributed by atoms with Crippen LogP contribution in [0.15, 0.2) is 29.6 Å². The molecule has 0 radical (unpaired) electrons. The van der Waals surface area contributed by atoms with Crippen LogP contribution < -0.4 is 11.1 Å². The number of amides is 1. The maximum Gasteiger partial charge on any atom is 0.307 e. The summed E-state index contributed by atoms with van der Waals surface area (Å²) in [5.41, 5.74) is 6.66. The van der Waals surface area contributed by atoms with Gasteiger partial charge < -0.3 is 16.2 Å². The molecule has 19 heavy (non-hydrogen) atoms. The molecule has 6 nitrogen and oxygen atoms in total. The minimum Gasteiger partial charge on any atom is -0.481 e. The highest BCUT2D eigenvalue weighted by atomic mass is 32.1. The maximum absolute atomic E-state index is 11.9. The molecule has 0 saturated carbocycles. The fourth-order valence-corrected chi connectivity index (χ4v) is 2.08. The number of carbonyl (C=O) groups is 2. The van der Waals surface area contributed by atoms with Gasteiger partial charge in [-0.25, -0.2) is 4.98 Å². The van der Waals surface area contributed by atoms with E-state index in [1.807, 2.05) is 0 Å². The SMILES string of the molecule is Nc1nc(C(=O)Nc2ccccc2CC(=O)O)cs1. The van der Waals surface area contributed by atoms with Crippen molar-refractivity contribution in [3.8, 4) is 0 Å². The molecule has 0 saturated heterocycles. The van der Waals surface area contributed by atoms with Crippen LogP contribution in [-0.4, -0.2) is 22.0 Å². The van der Waals surface area contributed by atoms with E-state index >= 15 is 0 Å². The summed E-state index contributed by atoms with van der Waals surface area (Å²) in [6, 6.07) is 6.73. The molecule has 0 aliphatic rings. The molecule has 0 aliphatic heterocycles. The highest BCUT2D eigenvalue weighted by molar-refractivity contribution is 7.13. The lowest BCUT2D eigenvalue weighted by Crippen LogP contribution is -2.14. The number of nitrogen functional groups attached to an aromatic ring is 1. The number of carbonyl (C=O) groups excluding carboxylic acids is 1. The van der Waals surface area contributed by atoms with Gasteiger partial charge in [-0.2, -0.15) is 0 Å². The van der Waals surface area contributed by atoms with E-state index in [1.54, 1.807) is 29.6 Å². The zero-order valence-electron chi connectivity index (χ0n) is 9.79. The number of hydrogen-bond donors (Lipinski definition) is 3. The lowest BCUT2D eigenvalue weighted by molar-refractivity contribution is -0.136. The van der Waals surface area contributed by atoms with Crippen LogP contribution in [0.2, 0.25) is 0 Å². The quantitative estimate of drug-likeness (QED) is 0.787. The van der Waals surface area contributed by atoms with Crippen LogP contribution >= 0.6 is 11.3 Å². The van der Waals surface area contributed by atoms with Crippen LogP contribution in [0.1, 0.15) is 16.1 Å². The van der Waals surface area contributed by atoms with Gasteiger partial charge in [0, 0.05) is 11.1 Å². The van der Waals surface area contributed by atoms with Crippen molar-refractivity contribution in [2.45, 2.75) is 6.42 Å². The first kappa shape index (κ1) is 13.0. The van der Waals surface area contributed by atoms with Crippen molar-refractivity contribution in [2.24, 2.45) is 0 Å². The minimum absolute atomic E-state index is 0.157. The van der Waals surface area contributed by atoms with Crippen LogP contribution in [0.5, 0.6) is 0 Å². The average Bonchev–Trinajstić information content (AvgIpc) is 2.78. The van der Waals surface area contributed by atoms with E-state index in [1.165, 1.54) is 11.3 Å². The fourth-order valence-electron chi connectivity index (χ4n) is 1.54. The summed E-state index contributed by atoms with van der Waals surface area (Å²) in [5.74, 6) is -1.37. The Morgan fingerprint density at radius 2 is 2.11 bits per heavy atom. The Balaban J connectivity index is 2.19. The van der Waals surface area contributed by atoms with Crippen LogP contribution in [0.25, 0.3) is 0 Å². The third kappa shape index (κ3) is 3.29. The van der Waals surface area contributed by atoms with Crippen molar-refractivity contribution >= 4 is 34.0 Å². The monoisotopic (exact) mass is 277 g/mol. The summed E-state index contributed by atoms with van der Waals surface area (Å²) in [6.45, 7) is 0. The Morgan fingerprint density at radius 3 is 2.74 bits per heavy atom. The number of carboxylic acids is 1. The van der Waals surface area contributed by atoms with Crippen molar-refractivity contribution in [2.75, 3.05) is 11.1 Å². The standard InChI is InChI=1S/C12H11N3O3S/c13-12-15-9(6-19-12)11(18)14-8-4-2-1-3-7(8)5-10(16)17/h1-4,6H,5H2,(H2,13,15)(H,14,18)(H,16,17). The number of carboxylic acid groups (broad SMARTS) is 1. The van der Waals surface area contributed by atoms with Crippen molar-refractivity contribution in [3.05, 3.63) is 40.9 Å². The van der Waals surface area contributed by atoms with E-state index in [2.05, 4.69) is 10.3 Å². The van der Waals surface area contributed by atoms with Gasteiger partial charge in [-0.05, 0) is 11.6 Å². The topological polar surface area (TPSA) is 105 Å². The number of anilines is 2. The van der Waals surface area contributed by atoms with Crippen LogP contribution in [0, 0.1) is 0 Å². The van der Waals surface area contributed by atoms with E-state index in [0.717, 1.165) is 0 Å². The van der Waals surface area contributed by atoms with E-state index in [9.17, 15) is 9.59 Å². The van der Waals surface area contributed by atoms with E-state index < -0.39 is 11.9 Å². The molecule has 7 heteroatoms. The molecular weight excluding hydrogens is 266 g/mol. The first-order valence-electron chi connectivity index (χ1n) is 5.38. The van der Waals surface area contributed by atoms with Crippen molar-refractivity contribution in [1.29, 1.82) is 0 Å². The largest absolute Gasteiger partial charge is 0.481 e. The Hall–Kier alpha value is -2.41. The molecule has 0 unspecified atom stereocenters. The summed E-state index contributed by atoms with van der Waals surface area (Å²) in [6.07, 6.45) is -0.157. The Kier molecular flexibility index (Phi) is 3.76. The number of hydrogen-bond acceptors (Lipinski definition) is 5. The molecule has 4 N–H and O–H groups in total. The first-order chi connectivity index (χ1) is 9.06. The highest BCUT2D eigenvalue weighted by Gasteiger charge is 2.13. The number of nitrogens with two attached hydrogens (primary N) is 1. The zero-order chi connectivity index (χ0) is 13.8. The van der Waals surface area contributed by atoms with Gasteiger partial charge in [0.05, 0.1) is 6.42 Å². The van der Waals surface area contributed by atoms with Crippen molar-refractivity contribution < 1.29 is 14.7 Å². The molecule has 1 aromatic heterocycles. The van der Waals surface area contributed by atoms with E-state index in [4.69, 9.17) is 10.8 Å². The van der Waals surface area contributed by atoms with Gasteiger partial charge in [0.15, 0.2) is 5.13 Å².